The van der Waals surface area contributed by atoms with Crippen LogP contribution in [0.5, 0.6) is 0 Å². The van der Waals surface area contributed by atoms with Crippen LogP contribution in [0.25, 0.3) is 0 Å². The summed E-state index contributed by atoms with van der Waals surface area (Å²) in [5.41, 5.74) is 1.21. The number of nitrogens with one attached hydrogen (secondary N) is 1. The van der Waals surface area contributed by atoms with Crippen molar-refractivity contribution in [3.63, 3.8) is 0 Å². The summed E-state index contributed by atoms with van der Waals surface area (Å²) < 4.78 is 31.5. The molecule has 1 unspecified atom stereocenters. The highest BCUT2D eigenvalue weighted by atomic mass is 16.7. The fraction of sp³-hybridized carbons (Fsp3) is 0.452. The minimum Gasteiger partial charge on any atom is -0.456 e. The van der Waals surface area contributed by atoms with Crippen LogP contribution in [-0.2, 0) is 53.3 Å². The van der Waals surface area contributed by atoms with Gasteiger partial charge in [0.1, 0.15) is 23.5 Å². The van der Waals surface area contributed by atoms with Crippen molar-refractivity contribution in [2.24, 2.45) is 0 Å². The first-order chi connectivity index (χ1) is 25.6. The molecule has 0 aromatic heterocycles. The lowest BCUT2D eigenvalue weighted by Gasteiger charge is -2.46. The zero-order valence-electron chi connectivity index (χ0n) is 31.0. The van der Waals surface area contributed by atoms with Crippen LogP contribution in [-0.4, -0.2) is 66.8 Å². The Bertz CT molecular complexity index is 1530. The number of Topliss-reactive ketones (excluding diaryl/α,β-unsaturated/α-hetero) is 1. The van der Waals surface area contributed by atoms with Crippen molar-refractivity contribution in [2.45, 2.75) is 115 Å². The van der Waals surface area contributed by atoms with Crippen molar-refractivity contribution in [3.05, 3.63) is 108 Å². The van der Waals surface area contributed by atoms with Crippen LogP contribution in [0.2, 0.25) is 0 Å². The van der Waals surface area contributed by atoms with Gasteiger partial charge in [-0.25, -0.2) is 0 Å². The number of benzene rings is 3. The molecule has 0 aliphatic carbocycles. The summed E-state index contributed by atoms with van der Waals surface area (Å²) in [6, 6.07) is 27.7. The maximum absolute atomic E-state index is 13.3. The second kappa shape index (κ2) is 20.4. The van der Waals surface area contributed by atoms with Gasteiger partial charge >= 0.3 is 17.9 Å². The molecule has 1 saturated heterocycles. The van der Waals surface area contributed by atoms with Crippen molar-refractivity contribution in [3.8, 4) is 0 Å². The van der Waals surface area contributed by atoms with Crippen LogP contribution in [0.3, 0.4) is 0 Å². The first-order valence-electron chi connectivity index (χ1n) is 18.5. The summed E-state index contributed by atoms with van der Waals surface area (Å²) in [5.74, 6) is -2.55. The highest BCUT2D eigenvalue weighted by Gasteiger charge is 2.53. The number of hydrogen-bond acceptors (Lipinski definition) is 10. The molecule has 11 heteroatoms. The van der Waals surface area contributed by atoms with Crippen LogP contribution in [0, 0.1) is 0 Å². The Morgan fingerprint density at radius 3 is 1.47 bits per heavy atom. The van der Waals surface area contributed by atoms with Crippen LogP contribution >= 0.6 is 0 Å². The molecule has 0 radical (unpaired) electrons. The molecule has 5 atom stereocenters. The predicted octanol–water partition coefficient (Wildman–Crippen LogP) is 6.34. The van der Waals surface area contributed by atoms with Gasteiger partial charge in [-0.05, 0) is 42.9 Å². The molecule has 0 saturated carbocycles. The van der Waals surface area contributed by atoms with Gasteiger partial charge in [0.15, 0.2) is 12.2 Å². The number of carbonyl (C=O) groups is 5. The van der Waals surface area contributed by atoms with Gasteiger partial charge in [-0.1, -0.05) is 112 Å². The minimum absolute atomic E-state index is 0.0358. The Morgan fingerprint density at radius 1 is 0.604 bits per heavy atom. The van der Waals surface area contributed by atoms with Gasteiger partial charge in [0.2, 0.25) is 12.2 Å². The number of carbonyl (C=O) groups excluding carboxylic acids is 5. The summed E-state index contributed by atoms with van der Waals surface area (Å²) in [7, 11) is 0. The number of ketones is 1. The van der Waals surface area contributed by atoms with Gasteiger partial charge in [0.05, 0.1) is 6.61 Å². The molecule has 1 aliphatic heterocycles. The average molecular weight is 730 g/mol. The quantitative estimate of drug-likeness (QED) is 0.0844. The topological polar surface area (TPSA) is 144 Å². The van der Waals surface area contributed by atoms with E-state index in [1.165, 1.54) is 6.92 Å². The highest BCUT2D eigenvalue weighted by molar-refractivity contribution is 5.84. The van der Waals surface area contributed by atoms with Gasteiger partial charge in [-0.2, -0.15) is 0 Å². The molecule has 0 bridgehead atoms. The fourth-order valence-corrected chi connectivity index (χ4v) is 6.32. The second-order valence-corrected chi connectivity index (χ2v) is 13.1. The van der Waals surface area contributed by atoms with E-state index < -0.39 is 60.1 Å². The standard InChI is InChI=1S/C42H51NO10/c1-5-17-35(46)51-39-33(28-49-42(30-20-11-8-12-21-30,31-22-13-9-14-23-31)32-24-15-10-16-25-32)50-41(53-37(48)19-7-3)38(40(39)52-36(47)18-6-2)43-34(45)27-26-29(4)44/h8-16,20-25,33,38-41H,5-7,17-19,26-28H2,1-4H3,(H,43,45)/t33-,38+,39-,40-,41?/m1/s1. The van der Waals surface area contributed by atoms with Crippen LogP contribution in [0.1, 0.15) is 95.8 Å². The number of rotatable bonds is 19. The van der Waals surface area contributed by atoms with Crippen LogP contribution in [0.4, 0.5) is 0 Å². The Labute approximate surface area is 311 Å². The first-order valence-corrected chi connectivity index (χ1v) is 18.5. The van der Waals surface area contributed by atoms with E-state index in [1.807, 2.05) is 112 Å². The van der Waals surface area contributed by atoms with Gasteiger partial charge in [-0.15, -0.1) is 0 Å². The molecule has 1 N–H and O–H groups in total. The smallest absolute Gasteiger partial charge is 0.308 e. The van der Waals surface area contributed by atoms with E-state index in [-0.39, 0.29) is 44.5 Å². The van der Waals surface area contributed by atoms with Gasteiger partial charge in [0.25, 0.3) is 0 Å². The van der Waals surface area contributed by atoms with E-state index in [0.29, 0.717) is 19.3 Å². The van der Waals surface area contributed by atoms with Crippen molar-refractivity contribution in [1.29, 1.82) is 0 Å². The highest BCUT2D eigenvalue weighted by Crippen LogP contribution is 2.41. The molecular weight excluding hydrogens is 678 g/mol. The largest absolute Gasteiger partial charge is 0.456 e. The molecule has 284 valence electrons. The molecule has 53 heavy (non-hydrogen) atoms. The Kier molecular flexibility index (Phi) is 15.7. The molecule has 1 aliphatic rings. The number of hydrogen-bond donors (Lipinski definition) is 1. The third-order valence-corrected chi connectivity index (χ3v) is 8.83. The fourth-order valence-electron chi connectivity index (χ4n) is 6.32. The maximum atomic E-state index is 13.3. The van der Waals surface area contributed by atoms with Gasteiger partial charge < -0.3 is 33.8 Å². The lowest BCUT2D eigenvalue weighted by Crippen LogP contribution is -2.67. The van der Waals surface area contributed by atoms with E-state index in [0.717, 1.165) is 16.7 Å². The van der Waals surface area contributed by atoms with Gasteiger partial charge in [-0.3, -0.25) is 19.2 Å². The minimum atomic E-state index is -1.47. The average Bonchev–Trinajstić information content (AvgIpc) is 3.15. The summed E-state index contributed by atoms with van der Waals surface area (Å²) >= 11 is 0. The Hall–Kier alpha value is -4.87. The van der Waals surface area contributed by atoms with Crippen molar-refractivity contribution in [1.82, 2.24) is 5.32 Å². The van der Waals surface area contributed by atoms with E-state index >= 15 is 0 Å². The molecule has 1 heterocycles. The van der Waals surface area contributed by atoms with Crippen molar-refractivity contribution in [2.75, 3.05) is 6.61 Å². The summed E-state index contributed by atoms with van der Waals surface area (Å²) in [6.45, 7) is 6.59. The molecule has 3 aromatic rings. The molecular formula is C42H51NO10. The maximum Gasteiger partial charge on any atom is 0.308 e. The molecule has 0 spiro atoms. The summed E-state index contributed by atoms with van der Waals surface area (Å²) in [6.07, 6.45) is -3.89. The number of amides is 1. The van der Waals surface area contributed by atoms with E-state index in [4.69, 9.17) is 23.7 Å². The van der Waals surface area contributed by atoms with Crippen molar-refractivity contribution < 1.29 is 47.7 Å². The Balaban J connectivity index is 1.86. The number of ether oxygens (including phenoxy) is 5. The summed E-state index contributed by atoms with van der Waals surface area (Å²) in [5, 5.41) is 2.77. The summed E-state index contributed by atoms with van der Waals surface area (Å²) in [4.78, 5) is 64.5. The van der Waals surface area contributed by atoms with E-state index in [2.05, 4.69) is 5.32 Å². The van der Waals surface area contributed by atoms with Gasteiger partial charge in [0, 0.05) is 32.1 Å². The lowest BCUT2D eigenvalue weighted by molar-refractivity contribution is -0.276. The molecule has 1 amide bonds. The Morgan fingerprint density at radius 2 is 1.04 bits per heavy atom. The predicted molar refractivity (Wildman–Crippen MR) is 196 cm³/mol. The first kappa shape index (κ1) is 40.9. The third-order valence-electron chi connectivity index (χ3n) is 8.83. The molecule has 4 rings (SSSR count). The second-order valence-electron chi connectivity index (χ2n) is 13.1. The monoisotopic (exact) mass is 729 g/mol. The normalized spacial score (nSPS) is 19.8. The van der Waals surface area contributed by atoms with E-state index in [1.54, 1.807) is 0 Å². The van der Waals surface area contributed by atoms with Crippen LogP contribution in [0.15, 0.2) is 91.0 Å². The number of esters is 3. The lowest BCUT2D eigenvalue weighted by atomic mass is 9.80. The zero-order chi connectivity index (χ0) is 38.2. The SMILES string of the molecule is CCCC(=O)OC1O[C@H](COC(c2ccccc2)(c2ccccc2)c2ccccc2)[C@@H](OC(=O)CCC)[C@H](OC(=O)CCC)[C@@H]1NC(=O)CCC(C)=O. The molecule has 3 aromatic carbocycles. The zero-order valence-corrected chi connectivity index (χ0v) is 31.0. The third kappa shape index (κ3) is 11.1. The van der Waals surface area contributed by atoms with E-state index in [9.17, 15) is 24.0 Å². The van der Waals surface area contributed by atoms with Crippen molar-refractivity contribution >= 4 is 29.6 Å². The van der Waals surface area contributed by atoms with Crippen LogP contribution < -0.4 is 5.32 Å². The molecule has 11 nitrogen and oxygen atoms in total. The molecule has 1 fully saturated rings.